The molecule has 2 N–H and O–H groups in total. The second-order valence-corrected chi connectivity index (χ2v) is 8.70. The Bertz CT molecular complexity index is 625. The summed E-state index contributed by atoms with van der Waals surface area (Å²) in [6.07, 6.45) is 3.49. The third-order valence-corrected chi connectivity index (χ3v) is 5.17. The van der Waals surface area contributed by atoms with Crippen LogP contribution >= 0.6 is 0 Å². The van der Waals surface area contributed by atoms with Gasteiger partial charge < -0.3 is 15.1 Å². The number of likely N-dealkylation sites (N-methyl/N-ethyl adjacent to an activating group) is 1. The van der Waals surface area contributed by atoms with E-state index in [4.69, 9.17) is 9.41 Å². The van der Waals surface area contributed by atoms with Gasteiger partial charge in [0.25, 0.3) is 0 Å². The quantitative estimate of drug-likeness (QED) is 0.447. The molecular formula is C18H34N4O3S. The van der Waals surface area contributed by atoms with Gasteiger partial charge in [-0.15, -0.1) is 0 Å². The molecule has 150 valence electrons. The fraction of sp³-hybridized carbons (Fsp3) is 0.722. The van der Waals surface area contributed by atoms with Crippen LogP contribution in [0.2, 0.25) is 0 Å². The van der Waals surface area contributed by atoms with Crippen molar-refractivity contribution < 1.29 is 12.8 Å². The number of guanidine groups is 1. The lowest BCUT2D eigenvalue weighted by Gasteiger charge is -2.27. The van der Waals surface area contributed by atoms with Gasteiger partial charge in [0.1, 0.15) is 15.6 Å². The fourth-order valence-corrected chi connectivity index (χ4v) is 3.51. The van der Waals surface area contributed by atoms with E-state index in [-0.39, 0.29) is 17.8 Å². The van der Waals surface area contributed by atoms with Gasteiger partial charge in [-0.2, -0.15) is 0 Å². The second kappa shape index (κ2) is 11.2. The van der Waals surface area contributed by atoms with E-state index in [2.05, 4.69) is 29.4 Å². The maximum absolute atomic E-state index is 11.3. The van der Waals surface area contributed by atoms with E-state index < -0.39 is 9.84 Å². The first-order valence-corrected chi connectivity index (χ1v) is 11.4. The predicted molar refractivity (Wildman–Crippen MR) is 107 cm³/mol. The predicted octanol–water partition coefficient (Wildman–Crippen LogP) is 2.04. The first-order chi connectivity index (χ1) is 12.3. The molecule has 0 amide bonds. The van der Waals surface area contributed by atoms with Crippen LogP contribution in [0.4, 0.5) is 0 Å². The second-order valence-electron chi connectivity index (χ2n) is 6.44. The summed E-state index contributed by atoms with van der Waals surface area (Å²) in [6, 6.07) is 3.96. The first kappa shape index (κ1) is 22.5. The van der Waals surface area contributed by atoms with Gasteiger partial charge in [0.15, 0.2) is 5.96 Å². The molecule has 0 radical (unpaired) electrons. The number of aliphatic imine (C=N–C) groups is 1. The molecule has 1 aromatic heterocycles. The molecule has 2 unspecified atom stereocenters. The average Bonchev–Trinajstić information content (AvgIpc) is 3.10. The Morgan fingerprint density at radius 2 is 2.00 bits per heavy atom. The summed E-state index contributed by atoms with van der Waals surface area (Å²) in [4.78, 5) is 7.02. The van der Waals surface area contributed by atoms with Crippen molar-refractivity contribution in [2.24, 2.45) is 4.99 Å². The maximum atomic E-state index is 11.3. The minimum absolute atomic E-state index is 0.0121. The topological polar surface area (TPSA) is 86.9 Å². The van der Waals surface area contributed by atoms with Gasteiger partial charge in [-0.05, 0) is 45.5 Å². The van der Waals surface area contributed by atoms with Gasteiger partial charge >= 0.3 is 0 Å². The Balaban J connectivity index is 2.81. The van der Waals surface area contributed by atoms with Crippen LogP contribution in [0, 0.1) is 0 Å². The van der Waals surface area contributed by atoms with Gasteiger partial charge in [0.05, 0.1) is 24.6 Å². The number of hydrogen-bond donors (Lipinski definition) is 2. The molecule has 1 aromatic rings. The van der Waals surface area contributed by atoms with E-state index >= 15 is 0 Å². The molecular weight excluding hydrogens is 352 g/mol. The van der Waals surface area contributed by atoms with Crippen molar-refractivity contribution in [2.75, 3.05) is 38.2 Å². The highest BCUT2D eigenvalue weighted by molar-refractivity contribution is 7.90. The van der Waals surface area contributed by atoms with Crippen molar-refractivity contribution in [1.82, 2.24) is 15.5 Å². The number of furan rings is 1. The largest absolute Gasteiger partial charge is 0.468 e. The van der Waals surface area contributed by atoms with Crippen LogP contribution in [0.3, 0.4) is 0 Å². The Kier molecular flexibility index (Phi) is 9.72. The van der Waals surface area contributed by atoms with E-state index in [0.717, 1.165) is 25.4 Å². The Hall–Kier alpha value is -1.54. The Labute approximate surface area is 158 Å². The molecule has 0 aromatic carbocycles. The van der Waals surface area contributed by atoms with Gasteiger partial charge in [-0.3, -0.25) is 9.89 Å². The zero-order valence-electron chi connectivity index (χ0n) is 16.7. The number of nitrogens with one attached hydrogen (secondary N) is 2. The molecule has 7 nitrogen and oxygen atoms in total. The Morgan fingerprint density at radius 1 is 1.31 bits per heavy atom. The summed E-state index contributed by atoms with van der Waals surface area (Å²) in [6.45, 7) is 11.3. The van der Waals surface area contributed by atoms with E-state index in [1.807, 2.05) is 26.0 Å². The standard InChI is InChI=1S/C18H34N4O3S/c1-6-19-18(21-15(4)11-13-26(5,23)24)20-14-16(22(7-2)8-3)17-10-9-12-25-17/h9-10,12,15-16H,6-8,11,13-14H2,1-5H3,(H2,19,20,21). The van der Waals surface area contributed by atoms with Gasteiger partial charge in [0, 0.05) is 18.8 Å². The average molecular weight is 387 g/mol. The van der Waals surface area contributed by atoms with Crippen molar-refractivity contribution in [1.29, 1.82) is 0 Å². The minimum Gasteiger partial charge on any atom is -0.468 e. The molecule has 2 atom stereocenters. The molecule has 0 aliphatic heterocycles. The third-order valence-electron chi connectivity index (χ3n) is 4.20. The highest BCUT2D eigenvalue weighted by Gasteiger charge is 2.20. The van der Waals surface area contributed by atoms with Gasteiger partial charge in [-0.1, -0.05) is 13.8 Å². The van der Waals surface area contributed by atoms with Crippen molar-refractivity contribution in [3.8, 4) is 0 Å². The number of hydrogen-bond acceptors (Lipinski definition) is 5. The molecule has 0 saturated heterocycles. The van der Waals surface area contributed by atoms with Crippen LogP contribution in [-0.4, -0.2) is 63.5 Å². The molecule has 1 rings (SSSR count). The summed E-state index contributed by atoms with van der Waals surface area (Å²) in [5.41, 5.74) is 0. The zero-order chi connectivity index (χ0) is 19.6. The highest BCUT2D eigenvalue weighted by Crippen LogP contribution is 2.21. The molecule has 26 heavy (non-hydrogen) atoms. The number of sulfone groups is 1. The van der Waals surface area contributed by atoms with Crippen molar-refractivity contribution >= 4 is 15.8 Å². The van der Waals surface area contributed by atoms with Crippen LogP contribution in [0.25, 0.3) is 0 Å². The van der Waals surface area contributed by atoms with E-state index in [1.165, 1.54) is 6.26 Å². The molecule has 0 bridgehead atoms. The van der Waals surface area contributed by atoms with Crippen molar-refractivity contribution in [3.05, 3.63) is 24.2 Å². The monoisotopic (exact) mass is 386 g/mol. The van der Waals surface area contributed by atoms with Crippen molar-refractivity contribution in [3.63, 3.8) is 0 Å². The SMILES string of the molecule is CCNC(=NCC(c1ccco1)N(CC)CC)NC(C)CCS(C)(=O)=O. The smallest absolute Gasteiger partial charge is 0.191 e. The maximum Gasteiger partial charge on any atom is 0.191 e. The minimum atomic E-state index is -2.96. The summed E-state index contributed by atoms with van der Waals surface area (Å²) in [5, 5.41) is 6.52. The van der Waals surface area contributed by atoms with Crippen LogP contribution in [0.5, 0.6) is 0 Å². The molecule has 0 fully saturated rings. The van der Waals surface area contributed by atoms with Gasteiger partial charge in [0.2, 0.25) is 0 Å². The fourth-order valence-electron chi connectivity index (χ4n) is 2.72. The highest BCUT2D eigenvalue weighted by atomic mass is 32.2. The zero-order valence-corrected chi connectivity index (χ0v) is 17.5. The number of nitrogens with zero attached hydrogens (tertiary/aromatic N) is 2. The molecule has 0 aliphatic rings. The first-order valence-electron chi connectivity index (χ1n) is 9.30. The summed E-state index contributed by atoms with van der Waals surface area (Å²) < 4.78 is 28.3. The lowest BCUT2D eigenvalue weighted by atomic mass is 10.2. The number of rotatable bonds is 11. The molecule has 1 heterocycles. The molecule has 8 heteroatoms. The molecule has 0 spiro atoms. The van der Waals surface area contributed by atoms with Gasteiger partial charge in [-0.25, -0.2) is 8.42 Å². The summed E-state index contributed by atoms with van der Waals surface area (Å²) >= 11 is 0. The summed E-state index contributed by atoms with van der Waals surface area (Å²) in [5.74, 6) is 1.75. The Morgan fingerprint density at radius 3 is 2.50 bits per heavy atom. The van der Waals surface area contributed by atoms with E-state index in [0.29, 0.717) is 18.9 Å². The van der Waals surface area contributed by atoms with Crippen LogP contribution in [-0.2, 0) is 9.84 Å². The van der Waals surface area contributed by atoms with Crippen LogP contribution < -0.4 is 10.6 Å². The van der Waals surface area contributed by atoms with Crippen LogP contribution in [0.15, 0.2) is 27.8 Å². The normalized spacial score (nSPS) is 15.1. The van der Waals surface area contributed by atoms with E-state index in [1.54, 1.807) is 6.26 Å². The lowest BCUT2D eigenvalue weighted by Crippen LogP contribution is -2.43. The molecule has 0 aliphatic carbocycles. The van der Waals surface area contributed by atoms with Crippen molar-refractivity contribution in [2.45, 2.75) is 46.2 Å². The summed E-state index contributed by atoms with van der Waals surface area (Å²) in [7, 11) is -2.96. The molecule has 0 saturated carbocycles. The van der Waals surface area contributed by atoms with E-state index in [9.17, 15) is 8.42 Å². The third kappa shape index (κ3) is 8.23. The van der Waals surface area contributed by atoms with Crippen LogP contribution in [0.1, 0.15) is 45.9 Å². The lowest BCUT2D eigenvalue weighted by molar-refractivity contribution is 0.198.